The van der Waals surface area contributed by atoms with Crippen molar-refractivity contribution in [3.8, 4) is 5.75 Å². The number of hydrogen-bond acceptors (Lipinski definition) is 4. The molecule has 2 atom stereocenters. The molecule has 4 rings (SSSR count). The van der Waals surface area contributed by atoms with Crippen molar-refractivity contribution < 1.29 is 13.9 Å². The van der Waals surface area contributed by atoms with E-state index in [0.29, 0.717) is 24.5 Å². The number of amides is 1. The van der Waals surface area contributed by atoms with Gasteiger partial charge in [-0.2, -0.15) is 5.10 Å². The van der Waals surface area contributed by atoms with Gasteiger partial charge in [-0.25, -0.2) is 4.39 Å². The van der Waals surface area contributed by atoms with Crippen LogP contribution in [0.2, 0.25) is 0 Å². The van der Waals surface area contributed by atoms with Gasteiger partial charge < -0.3 is 10.5 Å². The van der Waals surface area contributed by atoms with E-state index >= 15 is 0 Å². The van der Waals surface area contributed by atoms with Crippen LogP contribution in [0.3, 0.4) is 0 Å². The number of rotatable bonds is 4. The maximum absolute atomic E-state index is 13.8. The van der Waals surface area contributed by atoms with Gasteiger partial charge in [-0.3, -0.25) is 9.80 Å². The van der Waals surface area contributed by atoms with Gasteiger partial charge in [-0.1, -0.05) is 36.4 Å². The summed E-state index contributed by atoms with van der Waals surface area (Å²) in [6.45, 7) is 4.15. The highest BCUT2D eigenvalue weighted by atomic mass is 19.1. The van der Waals surface area contributed by atoms with E-state index in [2.05, 4.69) is 11.7 Å². The first-order valence-electron chi connectivity index (χ1n) is 8.35. The minimum absolute atomic E-state index is 0.231. The lowest BCUT2D eigenvalue weighted by molar-refractivity contribution is -0.112. The van der Waals surface area contributed by atoms with Crippen LogP contribution in [0.1, 0.15) is 12.0 Å². The quantitative estimate of drug-likeness (QED) is 0.861. The Bertz CT molecular complexity index is 913. The van der Waals surface area contributed by atoms with Crippen molar-refractivity contribution in [1.82, 2.24) is 0 Å². The van der Waals surface area contributed by atoms with E-state index < -0.39 is 17.1 Å². The summed E-state index contributed by atoms with van der Waals surface area (Å²) in [6.07, 6.45) is 2.20. The van der Waals surface area contributed by atoms with E-state index in [-0.39, 0.29) is 11.8 Å². The predicted octanol–water partition coefficient (Wildman–Crippen LogP) is 2.76. The van der Waals surface area contributed by atoms with E-state index in [1.54, 1.807) is 17.2 Å². The van der Waals surface area contributed by atoms with Crippen LogP contribution in [0, 0.1) is 5.82 Å². The average molecular weight is 351 g/mol. The molecule has 2 N–H and O–H groups in total. The van der Waals surface area contributed by atoms with Gasteiger partial charge in [0.25, 0.3) is 5.91 Å². The summed E-state index contributed by atoms with van der Waals surface area (Å²) in [6, 6.07) is 13.5. The largest absolute Gasteiger partial charge is 0.489 e. The van der Waals surface area contributed by atoms with Gasteiger partial charge >= 0.3 is 0 Å². The second-order valence-corrected chi connectivity index (χ2v) is 6.43. The lowest BCUT2D eigenvalue weighted by atomic mass is 9.68. The molecular formula is C20H18FN3O2. The zero-order chi connectivity index (χ0) is 18.3. The van der Waals surface area contributed by atoms with Crippen LogP contribution in [0.5, 0.6) is 5.75 Å². The smallest absolute Gasteiger partial charge is 0.265 e. The van der Waals surface area contributed by atoms with Crippen molar-refractivity contribution in [1.29, 1.82) is 0 Å². The first-order chi connectivity index (χ1) is 12.6. The third-order valence-electron chi connectivity index (χ3n) is 5.05. The molecule has 26 heavy (non-hydrogen) atoms. The SMILES string of the molecule is C=CC[C@]1(c2ccccc2)C(C(N)=O)=NN2c3cc(F)ccc3OCC21. The van der Waals surface area contributed by atoms with Crippen molar-refractivity contribution in [2.24, 2.45) is 10.8 Å². The minimum Gasteiger partial charge on any atom is -0.489 e. The molecule has 0 aromatic heterocycles. The molecule has 5 nitrogen and oxygen atoms in total. The summed E-state index contributed by atoms with van der Waals surface area (Å²) in [5.41, 5.74) is 6.51. The maximum Gasteiger partial charge on any atom is 0.265 e. The summed E-state index contributed by atoms with van der Waals surface area (Å²) in [4.78, 5) is 12.3. The van der Waals surface area contributed by atoms with Crippen LogP contribution in [0.4, 0.5) is 10.1 Å². The minimum atomic E-state index is -0.807. The van der Waals surface area contributed by atoms with Crippen LogP contribution >= 0.6 is 0 Å². The summed E-state index contributed by atoms with van der Waals surface area (Å²) < 4.78 is 19.7. The number of carbonyl (C=O) groups excluding carboxylic acids is 1. The number of nitrogens with zero attached hydrogens (tertiary/aromatic N) is 2. The predicted molar refractivity (Wildman–Crippen MR) is 97.7 cm³/mol. The molecule has 132 valence electrons. The van der Waals surface area contributed by atoms with Gasteiger partial charge in [0.15, 0.2) is 0 Å². The van der Waals surface area contributed by atoms with E-state index in [1.165, 1.54) is 12.1 Å². The van der Waals surface area contributed by atoms with E-state index in [4.69, 9.17) is 10.5 Å². The number of fused-ring (bicyclic) bond motifs is 3. The van der Waals surface area contributed by atoms with Crippen LogP contribution in [0.15, 0.2) is 66.3 Å². The van der Waals surface area contributed by atoms with Crippen LogP contribution in [0.25, 0.3) is 0 Å². The van der Waals surface area contributed by atoms with Crippen molar-refractivity contribution in [2.75, 3.05) is 11.6 Å². The standard InChI is InChI=1S/C20H18FN3O2/c1-2-10-20(13-6-4-3-5-7-13)17-12-26-16-9-8-14(21)11-15(16)24(17)23-18(20)19(22)25/h2-9,11,17H,1,10,12H2,(H2,22,25)/t17?,20-/m1/s1. The van der Waals surface area contributed by atoms with E-state index in [1.807, 2.05) is 30.3 Å². The van der Waals surface area contributed by atoms with Gasteiger partial charge in [-0.05, 0) is 24.1 Å². The molecule has 0 bridgehead atoms. The number of carbonyl (C=O) groups is 1. The number of benzene rings is 2. The van der Waals surface area contributed by atoms with Crippen molar-refractivity contribution >= 4 is 17.3 Å². The highest BCUT2D eigenvalue weighted by molar-refractivity contribution is 6.43. The van der Waals surface area contributed by atoms with Crippen molar-refractivity contribution in [3.05, 3.63) is 72.6 Å². The first-order valence-corrected chi connectivity index (χ1v) is 8.35. The fourth-order valence-electron chi connectivity index (χ4n) is 3.94. The Morgan fingerprint density at radius 3 is 2.85 bits per heavy atom. The molecule has 2 aromatic rings. The first kappa shape index (κ1) is 16.3. The molecule has 0 radical (unpaired) electrons. The summed E-state index contributed by atoms with van der Waals surface area (Å²) in [7, 11) is 0. The molecule has 0 saturated carbocycles. The van der Waals surface area contributed by atoms with Gasteiger partial charge in [0, 0.05) is 6.07 Å². The third kappa shape index (κ3) is 2.22. The van der Waals surface area contributed by atoms with Gasteiger partial charge in [-0.15, -0.1) is 6.58 Å². The Hall–Kier alpha value is -3.15. The monoisotopic (exact) mass is 351 g/mol. The zero-order valence-corrected chi connectivity index (χ0v) is 14.1. The molecule has 0 aliphatic carbocycles. The number of hydrazone groups is 1. The molecule has 0 fully saturated rings. The van der Waals surface area contributed by atoms with E-state index in [9.17, 15) is 9.18 Å². The second kappa shape index (κ2) is 5.98. The molecule has 1 amide bonds. The summed E-state index contributed by atoms with van der Waals surface area (Å²) in [5, 5.41) is 6.19. The Labute approximate surface area is 150 Å². The number of anilines is 1. The van der Waals surface area contributed by atoms with Crippen molar-refractivity contribution in [2.45, 2.75) is 17.9 Å². The molecule has 6 heteroatoms. The number of nitrogens with two attached hydrogens (primary N) is 1. The maximum atomic E-state index is 13.8. The lowest BCUT2D eigenvalue weighted by Gasteiger charge is -2.40. The molecule has 0 spiro atoms. The fourth-order valence-corrected chi connectivity index (χ4v) is 3.94. The van der Waals surface area contributed by atoms with E-state index in [0.717, 1.165) is 5.56 Å². The number of ether oxygens (including phenoxy) is 1. The van der Waals surface area contributed by atoms with Crippen molar-refractivity contribution in [3.63, 3.8) is 0 Å². The number of allylic oxidation sites excluding steroid dienone is 1. The molecule has 1 unspecified atom stereocenters. The highest BCUT2D eigenvalue weighted by Crippen LogP contribution is 2.47. The highest BCUT2D eigenvalue weighted by Gasteiger charge is 2.56. The van der Waals surface area contributed by atoms with Gasteiger partial charge in [0.1, 0.15) is 35.6 Å². The van der Waals surface area contributed by atoms with Gasteiger partial charge in [0.05, 0.1) is 5.41 Å². The second-order valence-electron chi connectivity index (χ2n) is 6.43. The Morgan fingerprint density at radius 2 is 2.15 bits per heavy atom. The van der Waals surface area contributed by atoms with Gasteiger partial charge in [0.2, 0.25) is 0 Å². The number of hydrogen-bond donors (Lipinski definition) is 1. The van der Waals surface area contributed by atoms with Crippen LogP contribution < -0.4 is 15.5 Å². The third-order valence-corrected chi connectivity index (χ3v) is 5.05. The number of primary amides is 1. The Balaban J connectivity index is 1.94. The fraction of sp³-hybridized carbons (Fsp3) is 0.200. The molecule has 2 aromatic carbocycles. The zero-order valence-electron chi connectivity index (χ0n) is 14.1. The number of halogens is 1. The topological polar surface area (TPSA) is 67.9 Å². The summed E-state index contributed by atoms with van der Waals surface area (Å²) in [5.74, 6) is -0.481. The molecule has 2 heterocycles. The van der Waals surface area contributed by atoms with Crippen LogP contribution in [-0.2, 0) is 10.2 Å². The molecule has 2 aliphatic rings. The molecule has 0 saturated heterocycles. The van der Waals surface area contributed by atoms with Crippen LogP contribution in [-0.4, -0.2) is 24.3 Å². The Morgan fingerprint density at radius 1 is 1.38 bits per heavy atom. The Kier molecular flexibility index (Phi) is 3.76. The molecular weight excluding hydrogens is 333 g/mol. The lowest BCUT2D eigenvalue weighted by Crippen LogP contribution is -2.54. The average Bonchev–Trinajstić information content (AvgIpc) is 2.99. The normalized spacial score (nSPS) is 23.5. The summed E-state index contributed by atoms with van der Waals surface area (Å²) >= 11 is 0. The molecule has 2 aliphatic heterocycles.